The highest BCUT2D eigenvalue weighted by Crippen LogP contribution is 2.37. The van der Waals surface area contributed by atoms with Crippen LogP contribution in [0.15, 0.2) is 67.3 Å². The first-order chi connectivity index (χ1) is 15.0. The van der Waals surface area contributed by atoms with Crippen LogP contribution in [0.3, 0.4) is 0 Å². The molecule has 0 fully saturated rings. The molecule has 5 rings (SSSR count). The predicted octanol–water partition coefficient (Wildman–Crippen LogP) is 5.21. The van der Waals surface area contributed by atoms with Gasteiger partial charge in [-0.3, -0.25) is 4.98 Å². The predicted molar refractivity (Wildman–Crippen MR) is 109 cm³/mol. The van der Waals surface area contributed by atoms with Crippen LogP contribution in [0, 0.1) is 0 Å². The maximum Gasteiger partial charge on any atom is 0.573 e. The van der Waals surface area contributed by atoms with E-state index in [1.807, 2.05) is 18.2 Å². The van der Waals surface area contributed by atoms with Gasteiger partial charge in [-0.05, 0) is 24.3 Å². The molecule has 0 bridgehead atoms. The lowest BCUT2D eigenvalue weighted by molar-refractivity contribution is -0.274. The van der Waals surface area contributed by atoms with Crippen molar-refractivity contribution in [1.29, 1.82) is 0 Å². The summed E-state index contributed by atoms with van der Waals surface area (Å²) in [5.41, 5.74) is 1.42. The number of hydrogen-bond donors (Lipinski definition) is 2. The van der Waals surface area contributed by atoms with Gasteiger partial charge in [0.15, 0.2) is 11.6 Å². The molecule has 0 saturated heterocycles. The van der Waals surface area contributed by atoms with Crippen LogP contribution >= 0.6 is 0 Å². The highest BCUT2D eigenvalue weighted by molar-refractivity contribution is 6.13. The lowest BCUT2D eigenvalue weighted by Crippen LogP contribution is -2.17. The maximum atomic E-state index is 12.8. The van der Waals surface area contributed by atoms with Gasteiger partial charge in [-0.1, -0.05) is 24.3 Å². The Morgan fingerprint density at radius 3 is 2.61 bits per heavy atom. The van der Waals surface area contributed by atoms with E-state index < -0.39 is 6.36 Å². The molecule has 3 heterocycles. The summed E-state index contributed by atoms with van der Waals surface area (Å²) in [6.45, 7) is 0. The van der Waals surface area contributed by atoms with Gasteiger partial charge in [-0.25, -0.2) is 4.98 Å². The van der Waals surface area contributed by atoms with Gasteiger partial charge in [0.05, 0.1) is 11.2 Å². The van der Waals surface area contributed by atoms with Gasteiger partial charge in [-0.2, -0.15) is 0 Å². The van der Waals surface area contributed by atoms with Crippen molar-refractivity contribution in [3.8, 4) is 17.1 Å². The van der Waals surface area contributed by atoms with E-state index in [0.29, 0.717) is 28.1 Å². The monoisotopic (exact) mass is 422 g/mol. The zero-order valence-electron chi connectivity index (χ0n) is 15.7. The molecule has 3 aromatic heterocycles. The quantitative estimate of drug-likeness (QED) is 0.387. The Kier molecular flexibility index (Phi) is 4.39. The summed E-state index contributed by atoms with van der Waals surface area (Å²) >= 11 is 0. The topological polar surface area (TPSA) is 88.6 Å². The average molecular weight is 422 g/mol. The maximum absolute atomic E-state index is 12.8. The summed E-state index contributed by atoms with van der Waals surface area (Å²) in [5, 5.41) is 13.2. The third kappa shape index (κ3) is 3.59. The summed E-state index contributed by atoms with van der Waals surface area (Å²) in [7, 11) is 0. The van der Waals surface area contributed by atoms with Gasteiger partial charge in [0.25, 0.3) is 0 Å². The highest BCUT2D eigenvalue weighted by atomic mass is 19.4. The molecule has 0 aliphatic heterocycles. The minimum absolute atomic E-state index is 0.127. The van der Waals surface area contributed by atoms with Crippen LogP contribution in [-0.2, 0) is 0 Å². The number of benzene rings is 2. The number of anilines is 2. The Morgan fingerprint density at radius 2 is 1.81 bits per heavy atom. The van der Waals surface area contributed by atoms with Crippen molar-refractivity contribution in [2.75, 3.05) is 5.32 Å². The van der Waals surface area contributed by atoms with Crippen LogP contribution in [-0.4, -0.2) is 31.5 Å². The summed E-state index contributed by atoms with van der Waals surface area (Å²) in [5.74, 6) is 0.519. The van der Waals surface area contributed by atoms with E-state index >= 15 is 0 Å². The van der Waals surface area contributed by atoms with Crippen molar-refractivity contribution in [3.05, 3.63) is 67.3 Å². The van der Waals surface area contributed by atoms with Gasteiger partial charge in [0, 0.05) is 34.1 Å². The number of fused-ring (bicyclic) bond motifs is 3. The largest absolute Gasteiger partial charge is 0.573 e. The first-order valence-electron chi connectivity index (χ1n) is 9.14. The molecule has 31 heavy (non-hydrogen) atoms. The summed E-state index contributed by atoms with van der Waals surface area (Å²) in [6.07, 6.45) is -0.0764. The Balaban J connectivity index is 1.72. The van der Waals surface area contributed by atoms with Crippen molar-refractivity contribution in [2.24, 2.45) is 0 Å². The number of hydrogen-bond acceptors (Lipinski definition) is 6. The minimum atomic E-state index is -4.82. The molecule has 0 aliphatic rings. The fourth-order valence-corrected chi connectivity index (χ4v) is 3.40. The molecule has 2 N–H and O–H groups in total. The normalized spacial score (nSPS) is 11.7. The second-order valence-electron chi connectivity index (χ2n) is 6.59. The number of nitrogens with zero attached hydrogens (tertiary/aromatic N) is 4. The van der Waals surface area contributed by atoms with Crippen molar-refractivity contribution < 1.29 is 17.9 Å². The third-order valence-electron chi connectivity index (χ3n) is 4.66. The number of ether oxygens (including phenoxy) is 1. The number of aromatic amines is 1. The van der Waals surface area contributed by atoms with Crippen LogP contribution < -0.4 is 10.1 Å². The highest BCUT2D eigenvalue weighted by Gasteiger charge is 2.32. The minimum Gasteiger partial charge on any atom is -0.404 e. The van der Waals surface area contributed by atoms with E-state index in [2.05, 4.69) is 30.2 Å². The summed E-state index contributed by atoms with van der Waals surface area (Å²) in [4.78, 5) is 11.9. The van der Waals surface area contributed by atoms with Gasteiger partial charge < -0.3 is 15.0 Å². The zero-order valence-corrected chi connectivity index (χ0v) is 15.7. The fourth-order valence-electron chi connectivity index (χ4n) is 3.40. The third-order valence-corrected chi connectivity index (χ3v) is 4.66. The molecule has 0 saturated carbocycles. The first-order valence-corrected chi connectivity index (χ1v) is 9.14. The zero-order chi connectivity index (χ0) is 21.4. The van der Waals surface area contributed by atoms with E-state index in [-0.39, 0.29) is 11.4 Å². The van der Waals surface area contributed by atoms with E-state index in [9.17, 15) is 13.2 Å². The van der Waals surface area contributed by atoms with Crippen LogP contribution in [0.5, 0.6) is 5.75 Å². The fraction of sp³-hybridized carbons (Fsp3) is 0.0476. The van der Waals surface area contributed by atoms with Crippen molar-refractivity contribution in [2.45, 2.75) is 6.36 Å². The molecule has 0 radical (unpaired) electrons. The SMILES string of the molecule is FC(F)(F)Oc1ccccc1Nc1nc2c(-c3nnc[nH]3)cccc2c2cnccc12. The number of H-pyrrole nitrogens is 1. The van der Waals surface area contributed by atoms with Crippen LogP contribution in [0.1, 0.15) is 0 Å². The molecule has 10 heteroatoms. The number of nitrogens with one attached hydrogen (secondary N) is 2. The van der Waals surface area contributed by atoms with Crippen LogP contribution in [0.25, 0.3) is 33.1 Å². The number of halogens is 3. The number of para-hydroxylation sites is 3. The van der Waals surface area contributed by atoms with Crippen LogP contribution in [0.2, 0.25) is 0 Å². The van der Waals surface area contributed by atoms with Crippen molar-refractivity contribution in [1.82, 2.24) is 25.1 Å². The number of alkyl halides is 3. The molecule has 0 unspecified atom stereocenters. The van der Waals surface area contributed by atoms with Gasteiger partial charge >= 0.3 is 6.36 Å². The second kappa shape index (κ2) is 7.24. The van der Waals surface area contributed by atoms with Crippen LogP contribution in [0.4, 0.5) is 24.7 Å². The summed E-state index contributed by atoms with van der Waals surface area (Å²) < 4.78 is 42.7. The van der Waals surface area contributed by atoms with Gasteiger partial charge in [-0.15, -0.1) is 23.4 Å². The number of rotatable bonds is 4. The first kappa shape index (κ1) is 18.8. The summed E-state index contributed by atoms with van der Waals surface area (Å²) in [6, 6.07) is 13.1. The Morgan fingerprint density at radius 1 is 0.935 bits per heavy atom. The molecular formula is C21H13F3N6O. The molecule has 0 atom stereocenters. The van der Waals surface area contributed by atoms with Gasteiger partial charge in [0.2, 0.25) is 0 Å². The molecule has 0 aliphatic carbocycles. The molecule has 0 amide bonds. The molecule has 0 spiro atoms. The van der Waals surface area contributed by atoms with Gasteiger partial charge in [0.1, 0.15) is 12.1 Å². The molecule has 7 nitrogen and oxygen atoms in total. The molecule has 2 aromatic carbocycles. The van der Waals surface area contributed by atoms with E-state index in [1.54, 1.807) is 24.5 Å². The smallest absolute Gasteiger partial charge is 0.404 e. The Labute approximate surface area is 172 Å². The number of pyridine rings is 2. The molecular weight excluding hydrogens is 409 g/mol. The molecule has 5 aromatic rings. The number of aromatic nitrogens is 5. The molecule has 154 valence electrons. The standard InChI is InChI=1S/C21H13F3N6O/c22-21(23,24)31-17-7-2-1-6-16(17)28-20-13-8-9-25-10-15(13)12-4-3-5-14(18(12)29-20)19-26-11-27-30-19/h1-11H,(H,28,29)(H,26,27,30). The average Bonchev–Trinajstić information content (AvgIpc) is 3.29. The lowest BCUT2D eigenvalue weighted by atomic mass is 10.0. The van der Waals surface area contributed by atoms with E-state index in [4.69, 9.17) is 4.98 Å². The van der Waals surface area contributed by atoms with Crippen molar-refractivity contribution >= 4 is 33.2 Å². The Hall–Kier alpha value is -4.21. The van der Waals surface area contributed by atoms with E-state index in [0.717, 1.165) is 10.8 Å². The Bertz CT molecular complexity index is 1390. The van der Waals surface area contributed by atoms with Crippen molar-refractivity contribution in [3.63, 3.8) is 0 Å². The van der Waals surface area contributed by atoms with E-state index in [1.165, 1.54) is 24.5 Å². The lowest BCUT2D eigenvalue weighted by Gasteiger charge is -2.16. The second-order valence-corrected chi connectivity index (χ2v) is 6.59.